The minimum atomic E-state index is -1.52. The number of rotatable bonds is 3. The second kappa shape index (κ2) is 4.08. The molecule has 0 aromatic carbocycles. The SMILES string of the molecule is NC(=O)C(C(N)=O)C1OC(=O)C(Cl)=C1Cl. The third kappa shape index (κ3) is 2.05. The fraction of sp³-hybridized carbons (Fsp3) is 0.286. The number of amides is 2. The first kappa shape index (κ1) is 11.8. The second-order valence-corrected chi connectivity index (χ2v) is 3.56. The van der Waals surface area contributed by atoms with Crippen molar-refractivity contribution >= 4 is 41.0 Å². The zero-order chi connectivity index (χ0) is 11.7. The van der Waals surface area contributed by atoms with Crippen LogP contribution in [0.2, 0.25) is 0 Å². The monoisotopic (exact) mass is 252 g/mol. The Labute approximate surface area is 94.1 Å². The molecule has 6 nitrogen and oxygen atoms in total. The van der Waals surface area contributed by atoms with Crippen LogP contribution in [0.15, 0.2) is 10.1 Å². The van der Waals surface area contributed by atoms with Crippen molar-refractivity contribution in [3.8, 4) is 0 Å². The summed E-state index contributed by atoms with van der Waals surface area (Å²) in [6.07, 6.45) is -1.32. The lowest BCUT2D eigenvalue weighted by molar-refractivity contribution is -0.145. The summed E-state index contributed by atoms with van der Waals surface area (Å²) < 4.78 is 4.59. The van der Waals surface area contributed by atoms with E-state index >= 15 is 0 Å². The Kier molecular flexibility index (Phi) is 3.21. The predicted molar refractivity (Wildman–Crippen MR) is 50.5 cm³/mol. The number of halogens is 2. The average Bonchev–Trinajstić information content (AvgIpc) is 2.33. The molecule has 2 amide bonds. The first-order chi connectivity index (χ1) is 6.86. The number of carbonyl (C=O) groups is 3. The van der Waals surface area contributed by atoms with E-state index in [4.69, 9.17) is 34.7 Å². The maximum absolute atomic E-state index is 10.9. The molecule has 0 bridgehead atoms. The zero-order valence-electron chi connectivity index (χ0n) is 7.20. The summed E-state index contributed by atoms with van der Waals surface area (Å²) in [5.74, 6) is -4.51. The standard InChI is InChI=1S/C7H6Cl2N2O4/c8-2-3(9)7(14)15-4(2)1(5(10)12)6(11)13/h1,4H,(H2,10,12)(H2,11,13). The quantitative estimate of drug-likeness (QED) is 0.505. The smallest absolute Gasteiger partial charge is 0.351 e. The number of hydrogen-bond acceptors (Lipinski definition) is 4. The van der Waals surface area contributed by atoms with E-state index in [0.29, 0.717) is 0 Å². The summed E-state index contributed by atoms with van der Waals surface area (Å²) in [5, 5.41) is -0.626. The van der Waals surface area contributed by atoms with Gasteiger partial charge in [0.25, 0.3) is 0 Å². The molecule has 0 spiro atoms. The van der Waals surface area contributed by atoms with E-state index in [0.717, 1.165) is 0 Å². The highest BCUT2D eigenvalue weighted by Gasteiger charge is 2.43. The van der Waals surface area contributed by atoms with Gasteiger partial charge in [0.1, 0.15) is 5.03 Å². The van der Waals surface area contributed by atoms with E-state index in [-0.39, 0.29) is 10.1 Å². The molecule has 0 aromatic rings. The van der Waals surface area contributed by atoms with Gasteiger partial charge in [-0.1, -0.05) is 23.2 Å². The van der Waals surface area contributed by atoms with Crippen LogP contribution in [0, 0.1) is 5.92 Å². The van der Waals surface area contributed by atoms with E-state index in [1.54, 1.807) is 0 Å². The van der Waals surface area contributed by atoms with Gasteiger partial charge in [0.15, 0.2) is 12.0 Å². The number of ether oxygens (including phenoxy) is 1. The molecule has 0 saturated carbocycles. The number of carbonyl (C=O) groups excluding carboxylic acids is 3. The minimum Gasteiger partial charge on any atom is -0.451 e. The first-order valence-electron chi connectivity index (χ1n) is 3.71. The van der Waals surface area contributed by atoms with Gasteiger partial charge < -0.3 is 16.2 Å². The van der Waals surface area contributed by atoms with Gasteiger partial charge in [-0.15, -0.1) is 0 Å². The lowest BCUT2D eigenvalue weighted by atomic mass is 10.0. The van der Waals surface area contributed by atoms with Crippen molar-refractivity contribution in [3.63, 3.8) is 0 Å². The summed E-state index contributed by atoms with van der Waals surface area (Å²) >= 11 is 11.0. The summed E-state index contributed by atoms with van der Waals surface area (Å²) in [6, 6.07) is 0. The second-order valence-electron chi connectivity index (χ2n) is 2.77. The van der Waals surface area contributed by atoms with Crippen molar-refractivity contribution in [2.24, 2.45) is 17.4 Å². The Morgan fingerprint density at radius 2 is 1.73 bits per heavy atom. The normalized spacial score (nSPS) is 20.7. The van der Waals surface area contributed by atoms with E-state index in [1.165, 1.54) is 0 Å². The molecule has 8 heteroatoms. The molecule has 0 fully saturated rings. The van der Waals surface area contributed by atoms with Gasteiger partial charge in [-0.2, -0.15) is 0 Å². The Morgan fingerprint density at radius 1 is 1.27 bits per heavy atom. The van der Waals surface area contributed by atoms with Crippen molar-refractivity contribution < 1.29 is 19.1 Å². The van der Waals surface area contributed by atoms with Gasteiger partial charge in [0.05, 0.1) is 5.03 Å². The number of primary amides is 2. The van der Waals surface area contributed by atoms with E-state index < -0.39 is 29.8 Å². The lowest BCUT2D eigenvalue weighted by Crippen LogP contribution is -2.43. The fourth-order valence-corrected chi connectivity index (χ4v) is 1.49. The molecule has 0 aliphatic carbocycles. The molecular formula is C7H6Cl2N2O4. The van der Waals surface area contributed by atoms with Gasteiger partial charge in [-0.3, -0.25) is 9.59 Å². The molecule has 1 rings (SSSR count). The highest BCUT2D eigenvalue weighted by molar-refractivity contribution is 6.48. The molecule has 15 heavy (non-hydrogen) atoms. The van der Waals surface area contributed by atoms with Crippen molar-refractivity contribution in [3.05, 3.63) is 10.1 Å². The lowest BCUT2D eigenvalue weighted by Gasteiger charge is -2.16. The Balaban J connectivity index is 3.04. The molecule has 0 aromatic heterocycles. The fourth-order valence-electron chi connectivity index (χ4n) is 1.09. The Bertz CT molecular complexity index is 365. The Hall–Kier alpha value is -1.27. The van der Waals surface area contributed by atoms with Gasteiger partial charge in [-0.25, -0.2) is 4.79 Å². The summed E-state index contributed by atoms with van der Waals surface area (Å²) in [4.78, 5) is 32.7. The van der Waals surface area contributed by atoms with Crippen LogP contribution < -0.4 is 11.5 Å². The minimum absolute atomic E-state index is 0.246. The maximum atomic E-state index is 10.9. The van der Waals surface area contributed by atoms with Gasteiger partial charge in [-0.05, 0) is 0 Å². The van der Waals surface area contributed by atoms with Crippen LogP contribution in [0.3, 0.4) is 0 Å². The van der Waals surface area contributed by atoms with Crippen LogP contribution in [0.1, 0.15) is 0 Å². The summed E-state index contributed by atoms with van der Waals surface area (Å²) in [7, 11) is 0. The van der Waals surface area contributed by atoms with Crippen LogP contribution in [-0.2, 0) is 19.1 Å². The highest BCUT2D eigenvalue weighted by atomic mass is 35.5. The third-order valence-electron chi connectivity index (χ3n) is 1.79. The van der Waals surface area contributed by atoms with Crippen molar-refractivity contribution in [1.29, 1.82) is 0 Å². The third-order valence-corrected chi connectivity index (χ3v) is 2.65. The summed E-state index contributed by atoms with van der Waals surface area (Å²) in [5.41, 5.74) is 9.83. The van der Waals surface area contributed by atoms with Crippen LogP contribution in [0.25, 0.3) is 0 Å². The predicted octanol–water partition coefficient (Wildman–Crippen LogP) is -0.812. The molecule has 0 saturated heterocycles. The van der Waals surface area contributed by atoms with Crippen molar-refractivity contribution in [2.75, 3.05) is 0 Å². The molecule has 4 N–H and O–H groups in total. The Morgan fingerprint density at radius 3 is 2.00 bits per heavy atom. The molecule has 0 radical (unpaired) electrons. The molecule has 1 unspecified atom stereocenters. The van der Waals surface area contributed by atoms with Crippen LogP contribution in [0.4, 0.5) is 0 Å². The van der Waals surface area contributed by atoms with Crippen molar-refractivity contribution in [1.82, 2.24) is 0 Å². The van der Waals surface area contributed by atoms with E-state index in [9.17, 15) is 14.4 Å². The topological polar surface area (TPSA) is 112 Å². The van der Waals surface area contributed by atoms with Crippen LogP contribution in [-0.4, -0.2) is 23.9 Å². The zero-order valence-corrected chi connectivity index (χ0v) is 8.71. The molecular weight excluding hydrogens is 247 g/mol. The van der Waals surface area contributed by atoms with E-state index in [1.807, 2.05) is 0 Å². The molecule has 1 aliphatic heterocycles. The molecule has 1 heterocycles. The number of cyclic esters (lactones) is 1. The van der Waals surface area contributed by atoms with Crippen molar-refractivity contribution in [2.45, 2.75) is 6.10 Å². The van der Waals surface area contributed by atoms with Gasteiger partial charge in [0, 0.05) is 0 Å². The largest absolute Gasteiger partial charge is 0.451 e. The van der Waals surface area contributed by atoms with Crippen LogP contribution in [0.5, 0.6) is 0 Å². The van der Waals surface area contributed by atoms with E-state index in [2.05, 4.69) is 4.74 Å². The first-order valence-corrected chi connectivity index (χ1v) is 4.46. The maximum Gasteiger partial charge on any atom is 0.351 e. The van der Waals surface area contributed by atoms with Gasteiger partial charge in [0.2, 0.25) is 11.8 Å². The number of nitrogens with two attached hydrogens (primary N) is 2. The van der Waals surface area contributed by atoms with Gasteiger partial charge >= 0.3 is 5.97 Å². The molecule has 1 aliphatic rings. The average molecular weight is 253 g/mol. The summed E-state index contributed by atoms with van der Waals surface area (Å²) in [6.45, 7) is 0. The number of esters is 1. The highest BCUT2D eigenvalue weighted by Crippen LogP contribution is 2.32. The number of hydrogen-bond donors (Lipinski definition) is 2. The molecule has 1 atom stereocenters. The molecule has 82 valence electrons. The van der Waals surface area contributed by atoms with Crippen LogP contribution >= 0.6 is 23.2 Å².